The van der Waals surface area contributed by atoms with Crippen LogP contribution in [0.3, 0.4) is 0 Å². The number of rotatable bonds is 12. The predicted molar refractivity (Wildman–Crippen MR) is 151 cm³/mol. The molecule has 0 saturated carbocycles. The van der Waals surface area contributed by atoms with E-state index in [1.165, 1.54) is 19.2 Å². The molecular formula is C25H31N7O8S2. The minimum absolute atomic E-state index is 0.00118. The van der Waals surface area contributed by atoms with Gasteiger partial charge in [0.25, 0.3) is 5.91 Å². The van der Waals surface area contributed by atoms with Crippen LogP contribution in [0, 0.1) is 5.92 Å². The molecule has 2 atom stereocenters. The quantitative estimate of drug-likeness (QED) is 0.0868. The lowest BCUT2D eigenvalue weighted by Gasteiger charge is -2.50. The van der Waals surface area contributed by atoms with E-state index in [4.69, 9.17) is 24.8 Å². The highest BCUT2D eigenvalue weighted by atomic mass is 32.3. The molecule has 5 heterocycles. The number of hydrogen-bond acceptors (Lipinski definition) is 13. The molecule has 42 heavy (non-hydrogen) atoms. The smallest absolute Gasteiger partial charge is 0.418 e. The first-order valence-electron chi connectivity index (χ1n) is 13.2. The highest BCUT2D eigenvalue weighted by Gasteiger charge is 2.57. The summed E-state index contributed by atoms with van der Waals surface area (Å²) in [5, 5.41) is 9.63. The van der Waals surface area contributed by atoms with E-state index in [0.717, 1.165) is 48.6 Å². The normalized spacial score (nSPS) is 20.9. The summed E-state index contributed by atoms with van der Waals surface area (Å²) in [7, 11) is -4.91. The van der Waals surface area contributed by atoms with Crippen molar-refractivity contribution in [3.63, 3.8) is 0 Å². The van der Waals surface area contributed by atoms with Crippen molar-refractivity contribution in [1.82, 2.24) is 24.7 Å². The van der Waals surface area contributed by atoms with Crippen LogP contribution >= 0.6 is 11.3 Å². The Kier molecular flexibility index (Phi) is 8.47. The van der Waals surface area contributed by atoms with E-state index < -0.39 is 33.5 Å². The zero-order valence-electron chi connectivity index (χ0n) is 22.9. The van der Waals surface area contributed by atoms with Crippen LogP contribution in [0.2, 0.25) is 0 Å². The molecule has 0 aliphatic carbocycles. The fourth-order valence-electron chi connectivity index (χ4n) is 4.97. The number of nitrogen functional groups attached to an aromatic ring is 1. The number of nitrogens with zero attached hydrogens (tertiary/aromatic N) is 5. The molecule has 15 nitrogen and oxygen atoms in total. The van der Waals surface area contributed by atoms with Crippen LogP contribution in [0.15, 0.2) is 35.1 Å². The fourth-order valence-corrected chi connectivity index (χ4v) is 5.97. The molecule has 2 aliphatic heterocycles. The average Bonchev–Trinajstić information content (AvgIpc) is 3.58. The molecule has 0 spiro atoms. The predicted octanol–water partition coefficient (Wildman–Crippen LogP) is 1.57. The Hall–Kier alpha value is -3.64. The molecular weight excluding hydrogens is 590 g/mol. The van der Waals surface area contributed by atoms with E-state index in [-0.39, 0.29) is 36.2 Å². The molecule has 0 aromatic carbocycles. The van der Waals surface area contributed by atoms with Crippen molar-refractivity contribution < 1.29 is 36.4 Å². The number of hydrogen-bond donors (Lipinski definition) is 3. The van der Waals surface area contributed by atoms with Crippen LogP contribution in [0.5, 0.6) is 5.75 Å². The molecule has 2 fully saturated rings. The van der Waals surface area contributed by atoms with Gasteiger partial charge in [0.15, 0.2) is 23.2 Å². The first-order chi connectivity index (χ1) is 19.9. The molecule has 1 amide bonds. The number of piperidine rings is 1. The number of oxime groups is 1. The lowest BCUT2D eigenvalue weighted by atomic mass is 9.74. The number of aromatic nitrogens is 3. The van der Waals surface area contributed by atoms with Crippen molar-refractivity contribution in [2.75, 3.05) is 32.0 Å². The second kappa shape index (κ2) is 11.9. The number of nitrogens with one attached hydrogen (secondary N) is 1. The minimum Gasteiger partial charge on any atom is -0.488 e. The number of ether oxygens (including phenoxy) is 1. The summed E-state index contributed by atoms with van der Waals surface area (Å²) in [5.74, 6) is -1.31. The van der Waals surface area contributed by atoms with Gasteiger partial charge >= 0.3 is 10.4 Å². The number of β-lactam (4-membered cyclic amide) rings is 1. The Morgan fingerprint density at radius 2 is 2.10 bits per heavy atom. The van der Waals surface area contributed by atoms with Crippen LogP contribution in [0.4, 0.5) is 5.13 Å². The second-order valence-corrected chi connectivity index (χ2v) is 12.4. The van der Waals surface area contributed by atoms with E-state index in [0.29, 0.717) is 16.7 Å². The number of anilines is 1. The SMILES string of the molecule is CC1(C)[C@H](CC(=O)/C(=N\OCCOc2ccc3nc(C4CCCNC4)cn3c2)c2csc(N)n2)C(=O)N1OS(=O)(=O)O. The number of ketones is 1. The van der Waals surface area contributed by atoms with E-state index in [9.17, 15) is 18.0 Å². The summed E-state index contributed by atoms with van der Waals surface area (Å²) in [5.41, 5.74) is 6.43. The summed E-state index contributed by atoms with van der Waals surface area (Å²) in [6.45, 7) is 5.07. The van der Waals surface area contributed by atoms with Crippen molar-refractivity contribution in [2.24, 2.45) is 11.1 Å². The third-order valence-electron chi connectivity index (χ3n) is 7.22. The fraction of sp³-hybridized carbons (Fsp3) is 0.480. The molecule has 17 heteroatoms. The molecule has 3 aromatic rings. The highest BCUT2D eigenvalue weighted by Crippen LogP contribution is 2.40. The monoisotopic (exact) mass is 621 g/mol. The molecule has 1 unspecified atom stereocenters. The lowest BCUT2D eigenvalue weighted by molar-refractivity contribution is -0.228. The first kappa shape index (κ1) is 29.8. The topological polar surface area (TPSA) is 200 Å². The highest BCUT2D eigenvalue weighted by molar-refractivity contribution is 7.80. The van der Waals surface area contributed by atoms with Crippen LogP contribution < -0.4 is 15.8 Å². The molecule has 2 saturated heterocycles. The molecule has 0 radical (unpaired) electrons. The summed E-state index contributed by atoms with van der Waals surface area (Å²) in [4.78, 5) is 39.9. The summed E-state index contributed by atoms with van der Waals surface area (Å²) in [6, 6.07) is 3.69. The Morgan fingerprint density at radius 3 is 2.76 bits per heavy atom. The number of imidazole rings is 1. The Bertz CT molecular complexity index is 1610. The summed E-state index contributed by atoms with van der Waals surface area (Å²) < 4.78 is 43.1. The number of Topliss-reactive ketones (excluding diaryl/α,β-unsaturated/α-hetero) is 1. The van der Waals surface area contributed by atoms with Gasteiger partial charge in [-0.25, -0.2) is 9.97 Å². The van der Waals surface area contributed by atoms with Crippen LogP contribution in [-0.4, -0.2) is 81.6 Å². The average molecular weight is 622 g/mol. The molecule has 0 bridgehead atoms. The van der Waals surface area contributed by atoms with E-state index in [2.05, 4.69) is 19.7 Å². The maximum Gasteiger partial charge on any atom is 0.418 e. The first-order valence-corrected chi connectivity index (χ1v) is 15.4. The zero-order chi connectivity index (χ0) is 30.1. The molecule has 2 aliphatic rings. The maximum atomic E-state index is 13.2. The van der Waals surface area contributed by atoms with Gasteiger partial charge in [0.2, 0.25) is 0 Å². The number of amides is 1. The number of nitrogens with two attached hydrogens (primary N) is 1. The third-order valence-corrected chi connectivity index (χ3v) is 8.23. The van der Waals surface area contributed by atoms with Gasteiger partial charge in [-0.05, 0) is 45.4 Å². The van der Waals surface area contributed by atoms with Crippen molar-refractivity contribution in [3.8, 4) is 5.75 Å². The van der Waals surface area contributed by atoms with Gasteiger partial charge < -0.3 is 25.0 Å². The van der Waals surface area contributed by atoms with Crippen molar-refractivity contribution in [1.29, 1.82) is 0 Å². The standard InChI is InChI=1S/C25H31N7O8S2/c1-25(2)17(23(34)32(25)40-42(35,36)37)10-20(33)22(19-14-41-24(26)29-19)30-39-9-8-38-16-5-6-21-28-18(13-31(21)12-16)15-4-3-7-27-11-15/h5-6,12-15,17,27H,3-4,7-11H2,1-2H3,(H2,26,29)(H,35,36,37)/b30-22-/t15?,17-/m1/s1. The van der Waals surface area contributed by atoms with Gasteiger partial charge in [0.1, 0.15) is 23.7 Å². The number of thiazole rings is 1. The number of carbonyl (C=O) groups excluding carboxylic acids is 2. The second-order valence-electron chi connectivity index (χ2n) is 10.5. The van der Waals surface area contributed by atoms with Crippen molar-refractivity contribution in [3.05, 3.63) is 41.3 Å². The molecule has 4 N–H and O–H groups in total. The number of hydroxylamine groups is 2. The largest absolute Gasteiger partial charge is 0.488 e. The molecule has 5 rings (SSSR count). The Morgan fingerprint density at radius 1 is 1.29 bits per heavy atom. The number of pyridine rings is 1. The number of fused-ring (bicyclic) bond motifs is 1. The zero-order valence-corrected chi connectivity index (χ0v) is 24.6. The maximum absolute atomic E-state index is 13.2. The molecule has 3 aromatic heterocycles. The van der Waals surface area contributed by atoms with Gasteiger partial charge in [-0.1, -0.05) is 5.16 Å². The van der Waals surface area contributed by atoms with Crippen LogP contribution in [0.25, 0.3) is 5.65 Å². The third kappa shape index (κ3) is 6.54. The van der Waals surface area contributed by atoms with E-state index >= 15 is 0 Å². The van der Waals surface area contributed by atoms with E-state index in [1.54, 1.807) is 0 Å². The molecule has 226 valence electrons. The van der Waals surface area contributed by atoms with Crippen LogP contribution in [-0.2, 0) is 29.1 Å². The van der Waals surface area contributed by atoms with Crippen LogP contribution in [0.1, 0.15) is 50.4 Å². The van der Waals surface area contributed by atoms with Gasteiger partial charge in [0, 0.05) is 30.5 Å². The Balaban J connectivity index is 1.19. The van der Waals surface area contributed by atoms with Gasteiger partial charge in [-0.3, -0.25) is 14.1 Å². The van der Waals surface area contributed by atoms with Crippen molar-refractivity contribution >= 4 is 49.9 Å². The lowest BCUT2D eigenvalue weighted by Crippen LogP contribution is -2.68. The summed E-state index contributed by atoms with van der Waals surface area (Å²) >= 11 is 1.10. The summed E-state index contributed by atoms with van der Waals surface area (Å²) in [6.07, 6.45) is 5.74. The Labute approximate surface area is 245 Å². The van der Waals surface area contributed by atoms with Crippen molar-refractivity contribution in [2.45, 2.75) is 44.6 Å². The minimum atomic E-state index is -4.91. The van der Waals surface area contributed by atoms with E-state index in [1.807, 2.05) is 28.9 Å². The number of carbonyl (C=O) groups is 2. The van der Waals surface area contributed by atoms with Gasteiger partial charge in [-0.15, -0.1) is 15.6 Å². The van der Waals surface area contributed by atoms with Gasteiger partial charge in [0.05, 0.1) is 23.3 Å². The van der Waals surface area contributed by atoms with Gasteiger partial charge in [-0.2, -0.15) is 13.5 Å².